The third kappa shape index (κ3) is 1.99. The van der Waals surface area contributed by atoms with Gasteiger partial charge in [-0.15, -0.1) is 0 Å². The molecule has 1 aliphatic carbocycles. The smallest absolute Gasteiger partial charge is 0.0705 e. The van der Waals surface area contributed by atoms with Crippen molar-refractivity contribution >= 4 is 15.9 Å². The molecule has 14 heavy (non-hydrogen) atoms. The van der Waals surface area contributed by atoms with Crippen molar-refractivity contribution in [2.45, 2.75) is 25.3 Å². The van der Waals surface area contributed by atoms with Crippen LogP contribution in [-0.2, 0) is 7.05 Å². The van der Waals surface area contributed by atoms with Crippen molar-refractivity contribution in [1.29, 1.82) is 0 Å². The minimum atomic E-state index is 0.212. The van der Waals surface area contributed by atoms with Crippen LogP contribution in [0, 0.1) is 5.92 Å². The van der Waals surface area contributed by atoms with Crippen LogP contribution >= 0.6 is 15.9 Å². The Balaban J connectivity index is 2.16. The Kier molecular flexibility index (Phi) is 2.90. The molecule has 1 aliphatic rings. The fourth-order valence-electron chi connectivity index (χ4n) is 1.76. The van der Waals surface area contributed by atoms with E-state index in [9.17, 15) is 0 Å². The van der Waals surface area contributed by atoms with E-state index >= 15 is 0 Å². The molecule has 2 rings (SSSR count). The van der Waals surface area contributed by atoms with Crippen molar-refractivity contribution in [3.05, 3.63) is 16.4 Å². The van der Waals surface area contributed by atoms with Crippen LogP contribution in [0.1, 0.15) is 31.0 Å². The average Bonchev–Trinajstić information content (AvgIpc) is 2.92. The molecular weight excluding hydrogens is 244 g/mol. The summed E-state index contributed by atoms with van der Waals surface area (Å²) in [6, 6.07) is 0.212. The van der Waals surface area contributed by atoms with Gasteiger partial charge in [0.15, 0.2) is 0 Å². The molecule has 1 aromatic heterocycles. The van der Waals surface area contributed by atoms with E-state index in [0.29, 0.717) is 0 Å². The lowest BCUT2D eigenvalue weighted by Gasteiger charge is -2.16. The molecular formula is C9H15BrN4. The van der Waals surface area contributed by atoms with E-state index in [1.165, 1.54) is 12.8 Å². The molecule has 1 atom stereocenters. The maximum Gasteiger partial charge on any atom is 0.0705 e. The normalized spacial score (nSPS) is 18.5. The molecule has 0 bridgehead atoms. The van der Waals surface area contributed by atoms with Crippen molar-refractivity contribution in [2.24, 2.45) is 18.8 Å². The van der Waals surface area contributed by atoms with Gasteiger partial charge >= 0.3 is 0 Å². The predicted octanol–water partition coefficient (Wildman–Crippen LogP) is 1.49. The Hall–Kier alpha value is -0.390. The molecule has 0 amide bonds. The van der Waals surface area contributed by atoms with Gasteiger partial charge in [-0.25, -0.2) is 0 Å². The zero-order chi connectivity index (χ0) is 10.1. The molecule has 1 aromatic rings. The number of nitrogens with two attached hydrogens (primary N) is 1. The maximum atomic E-state index is 5.57. The van der Waals surface area contributed by atoms with E-state index in [0.717, 1.165) is 22.5 Å². The largest absolute Gasteiger partial charge is 0.271 e. The molecule has 1 unspecified atom stereocenters. The zero-order valence-electron chi connectivity index (χ0n) is 8.20. The number of aromatic nitrogens is 2. The highest BCUT2D eigenvalue weighted by Crippen LogP contribution is 2.38. The Bertz CT molecular complexity index is 299. The summed E-state index contributed by atoms with van der Waals surface area (Å²) < 4.78 is 2.90. The first kappa shape index (κ1) is 10.1. The number of hydrogen-bond acceptors (Lipinski definition) is 3. The number of nitrogens with zero attached hydrogens (tertiary/aromatic N) is 2. The number of hydrazine groups is 1. The first-order chi connectivity index (χ1) is 6.72. The molecule has 5 heteroatoms. The molecule has 3 N–H and O–H groups in total. The van der Waals surface area contributed by atoms with E-state index in [2.05, 4.69) is 26.5 Å². The van der Waals surface area contributed by atoms with Crippen molar-refractivity contribution in [3.63, 3.8) is 0 Å². The quantitative estimate of drug-likeness (QED) is 0.636. The fraction of sp³-hybridized carbons (Fsp3) is 0.667. The van der Waals surface area contributed by atoms with Crippen LogP contribution < -0.4 is 11.3 Å². The van der Waals surface area contributed by atoms with Crippen LogP contribution in [0.5, 0.6) is 0 Å². The van der Waals surface area contributed by atoms with Gasteiger partial charge in [0.2, 0.25) is 0 Å². The summed E-state index contributed by atoms with van der Waals surface area (Å²) >= 11 is 3.49. The van der Waals surface area contributed by atoms with Crippen LogP contribution in [0.25, 0.3) is 0 Å². The molecule has 4 nitrogen and oxygen atoms in total. The fourth-order valence-corrected chi connectivity index (χ4v) is 2.38. The lowest BCUT2D eigenvalue weighted by molar-refractivity contribution is 0.455. The lowest BCUT2D eigenvalue weighted by atomic mass is 10.1. The molecule has 0 saturated heterocycles. The Morgan fingerprint density at radius 1 is 1.79 bits per heavy atom. The van der Waals surface area contributed by atoms with E-state index in [1.807, 2.05) is 17.9 Å². The maximum absolute atomic E-state index is 5.57. The third-order valence-electron chi connectivity index (χ3n) is 2.73. The van der Waals surface area contributed by atoms with Crippen LogP contribution in [0.4, 0.5) is 0 Å². The Labute approximate surface area is 91.9 Å². The van der Waals surface area contributed by atoms with Gasteiger partial charge in [-0.3, -0.25) is 16.0 Å². The summed E-state index contributed by atoms with van der Waals surface area (Å²) in [5.74, 6) is 6.41. The molecule has 1 fully saturated rings. The number of aryl methyl sites for hydroxylation is 1. The van der Waals surface area contributed by atoms with Gasteiger partial charge in [0, 0.05) is 7.05 Å². The van der Waals surface area contributed by atoms with E-state index in [1.54, 1.807) is 0 Å². The van der Waals surface area contributed by atoms with Gasteiger partial charge in [0.1, 0.15) is 0 Å². The van der Waals surface area contributed by atoms with Crippen LogP contribution in [-0.4, -0.2) is 9.78 Å². The monoisotopic (exact) mass is 258 g/mol. The first-order valence-corrected chi connectivity index (χ1v) is 5.65. The highest BCUT2D eigenvalue weighted by atomic mass is 79.9. The van der Waals surface area contributed by atoms with Crippen LogP contribution in [0.15, 0.2) is 10.7 Å². The van der Waals surface area contributed by atoms with Crippen molar-refractivity contribution in [2.75, 3.05) is 0 Å². The highest BCUT2D eigenvalue weighted by Gasteiger charge is 2.28. The van der Waals surface area contributed by atoms with Gasteiger partial charge < -0.3 is 0 Å². The number of halogens is 1. The summed E-state index contributed by atoms with van der Waals surface area (Å²) in [4.78, 5) is 0. The molecule has 0 aliphatic heterocycles. The summed E-state index contributed by atoms with van der Waals surface area (Å²) in [5.41, 5.74) is 4.00. The van der Waals surface area contributed by atoms with Crippen molar-refractivity contribution in [3.8, 4) is 0 Å². The molecule has 78 valence electrons. The topological polar surface area (TPSA) is 55.9 Å². The van der Waals surface area contributed by atoms with Gasteiger partial charge in [-0.2, -0.15) is 5.10 Å². The summed E-state index contributed by atoms with van der Waals surface area (Å²) in [6.45, 7) is 0. The SMILES string of the molecule is Cn1ncc(Br)c1C(CC1CC1)NN. The van der Waals surface area contributed by atoms with E-state index in [-0.39, 0.29) is 6.04 Å². The first-order valence-electron chi connectivity index (χ1n) is 4.86. The Morgan fingerprint density at radius 2 is 2.50 bits per heavy atom. The third-order valence-corrected chi connectivity index (χ3v) is 3.35. The molecule has 0 aromatic carbocycles. The second kappa shape index (κ2) is 4.00. The summed E-state index contributed by atoms with van der Waals surface area (Å²) in [7, 11) is 1.94. The van der Waals surface area contributed by atoms with Crippen LogP contribution in [0.3, 0.4) is 0 Å². The molecule has 1 saturated carbocycles. The zero-order valence-corrected chi connectivity index (χ0v) is 9.79. The summed E-state index contributed by atoms with van der Waals surface area (Å²) in [6.07, 6.45) is 5.60. The van der Waals surface area contributed by atoms with Crippen LogP contribution in [0.2, 0.25) is 0 Å². The minimum Gasteiger partial charge on any atom is -0.271 e. The lowest BCUT2D eigenvalue weighted by Crippen LogP contribution is -2.30. The van der Waals surface area contributed by atoms with Crippen molar-refractivity contribution in [1.82, 2.24) is 15.2 Å². The number of nitrogens with one attached hydrogen (secondary N) is 1. The van der Waals surface area contributed by atoms with Gasteiger partial charge in [0.25, 0.3) is 0 Å². The average molecular weight is 259 g/mol. The second-order valence-corrected chi connectivity index (χ2v) is 4.75. The van der Waals surface area contributed by atoms with Gasteiger partial charge in [0.05, 0.1) is 22.4 Å². The van der Waals surface area contributed by atoms with Crippen molar-refractivity contribution < 1.29 is 0 Å². The molecule has 0 radical (unpaired) electrons. The Morgan fingerprint density at radius 3 is 2.93 bits per heavy atom. The highest BCUT2D eigenvalue weighted by molar-refractivity contribution is 9.10. The van der Waals surface area contributed by atoms with Gasteiger partial charge in [-0.05, 0) is 28.3 Å². The number of hydrogen-bond donors (Lipinski definition) is 2. The van der Waals surface area contributed by atoms with E-state index < -0.39 is 0 Å². The standard InChI is InChI=1S/C9H15BrN4/c1-14-9(7(10)5-12-14)8(13-11)4-6-2-3-6/h5-6,8,13H,2-4,11H2,1H3. The summed E-state index contributed by atoms with van der Waals surface area (Å²) in [5, 5.41) is 4.19. The minimum absolute atomic E-state index is 0.212. The van der Waals surface area contributed by atoms with E-state index in [4.69, 9.17) is 5.84 Å². The molecule has 0 spiro atoms. The number of rotatable bonds is 4. The van der Waals surface area contributed by atoms with Gasteiger partial charge in [-0.1, -0.05) is 12.8 Å². The predicted molar refractivity (Wildman–Crippen MR) is 58.3 cm³/mol. The molecule has 1 heterocycles. The second-order valence-electron chi connectivity index (χ2n) is 3.90.